The maximum Gasteiger partial charge on any atom is 0.329 e. The smallest absolute Gasteiger partial charge is 0.329 e. The number of carboxylic acid groups (broad SMARTS) is 1. The summed E-state index contributed by atoms with van der Waals surface area (Å²) in [7, 11) is -0.953. The van der Waals surface area contributed by atoms with E-state index in [0.29, 0.717) is 19.4 Å². The molecule has 3 rings (SSSR count). The molecule has 0 aromatic carbocycles. The number of carbonyl (C=O) groups is 6. The van der Waals surface area contributed by atoms with Gasteiger partial charge in [0.15, 0.2) is 0 Å². The lowest BCUT2D eigenvalue weighted by molar-refractivity contribution is -0.167. The van der Waals surface area contributed by atoms with Gasteiger partial charge in [0.05, 0.1) is 23.5 Å². The number of hydrogen-bond donors (Lipinski definition) is 2. The number of halogens is 2. The van der Waals surface area contributed by atoms with Crippen LogP contribution in [-0.2, 0) is 67.3 Å². The summed E-state index contributed by atoms with van der Waals surface area (Å²) in [6.45, 7) is 30.7. The summed E-state index contributed by atoms with van der Waals surface area (Å²) in [5.74, 6) is -3.82. The van der Waals surface area contributed by atoms with E-state index in [0.717, 1.165) is 23.8 Å². The number of carbonyl (C=O) groups excluding carboxylic acids is 5. The molecule has 26 heteroatoms. The van der Waals surface area contributed by atoms with E-state index in [4.69, 9.17) is 31.8 Å². The highest BCUT2D eigenvalue weighted by Gasteiger charge is 2.42. The predicted octanol–water partition coefficient (Wildman–Crippen LogP) is 4.17. The van der Waals surface area contributed by atoms with Crippen molar-refractivity contribution in [2.75, 3.05) is 72.0 Å². The Kier molecular flexibility index (Phi) is 28.4. The molecule has 0 unspecified atom stereocenters. The quantitative estimate of drug-likeness (QED) is 0.111. The number of hydrogen-bond acceptors (Lipinski definition) is 15. The van der Waals surface area contributed by atoms with Crippen LogP contribution >= 0.6 is 22.3 Å². The number of esters is 2. The van der Waals surface area contributed by atoms with E-state index in [-0.39, 0.29) is 85.2 Å². The van der Waals surface area contributed by atoms with Crippen molar-refractivity contribution in [2.24, 2.45) is 35.5 Å². The number of aliphatic carboxylic acids is 1. The highest BCUT2D eigenvalue weighted by molar-refractivity contribution is 8.13. The molecule has 3 fully saturated rings. The lowest BCUT2D eigenvalue weighted by Crippen LogP contribution is -2.50. The molecule has 2 N–H and O–H groups in total. The van der Waals surface area contributed by atoms with Crippen molar-refractivity contribution in [1.82, 2.24) is 28.6 Å². The van der Waals surface area contributed by atoms with Gasteiger partial charge in [-0.15, -0.1) is 11.6 Å². The summed E-state index contributed by atoms with van der Waals surface area (Å²) in [6.07, 6.45) is 1.65. The molecule has 3 saturated heterocycles. The molecule has 0 aromatic heterocycles. The average Bonchev–Trinajstić information content (AvgIpc) is 4.05. The Morgan fingerprint density at radius 1 is 0.644 bits per heavy atom. The van der Waals surface area contributed by atoms with Gasteiger partial charge in [-0.25, -0.2) is 39.6 Å². The molecular weight excluding hydrogens is 1060 g/mol. The molecule has 6 atom stereocenters. The molecule has 0 saturated carbocycles. The van der Waals surface area contributed by atoms with Gasteiger partial charge >= 0.3 is 17.9 Å². The molecule has 0 aromatic rings. The van der Waals surface area contributed by atoms with Gasteiger partial charge < -0.3 is 34.6 Å². The van der Waals surface area contributed by atoms with Gasteiger partial charge in [-0.1, -0.05) is 54.7 Å². The minimum absolute atomic E-state index is 0.0214. The van der Waals surface area contributed by atoms with Crippen LogP contribution in [-0.4, -0.2) is 191 Å². The number of carboxylic acids is 1. The Balaban J connectivity index is 0.00000100. The molecule has 0 radical (unpaired) electrons. The topological polar surface area (TPSA) is 272 Å². The first-order valence-corrected chi connectivity index (χ1v) is 30.1. The lowest BCUT2D eigenvalue weighted by atomic mass is 9.99. The number of nitrogens with one attached hydrogen (secondary N) is 1. The van der Waals surface area contributed by atoms with E-state index in [1.54, 1.807) is 53.6 Å². The first kappa shape index (κ1) is 69.6. The molecule has 73 heavy (non-hydrogen) atoms. The number of rotatable bonds is 18. The van der Waals surface area contributed by atoms with Gasteiger partial charge in [-0.2, -0.15) is 8.61 Å². The van der Waals surface area contributed by atoms with Crippen LogP contribution in [0.1, 0.15) is 102 Å². The molecule has 21 nitrogen and oxygen atoms in total. The monoisotopic (exact) mass is 1140 g/mol. The van der Waals surface area contributed by atoms with Crippen molar-refractivity contribution in [3.63, 3.8) is 0 Å². The highest BCUT2D eigenvalue weighted by atomic mass is 35.7. The van der Waals surface area contributed by atoms with Crippen LogP contribution in [0.2, 0.25) is 0 Å². The lowest BCUT2D eigenvalue weighted by Gasteiger charge is -2.33. The number of ether oxygens (including phenoxy) is 2. The fraction of sp³-hybridized carbons (Fsp3) is 0.787. The van der Waals surface area contributed by atoms with Crippen molar-refractivity contribution in [3.05, 3.63) is 24.0 Å². The van der Waals surface area contributed by atoms with Crippen LogP contribution in [0.15, 0.2) is 24.0 Å². The first-order chi connectivity index (χ1) is 33.1. The number of alkyl halides is 1. The van der Waals surface area contributed by atoms with Crippen LogP contribution in [0.4, 0.5) is 0 Å². The second-order valence-electron chi connectivity index (χ2n) is 21.1. The zero-order valence-corrected chi connectivity index (χ0v) is 49.4. The highest BCUT2D eigenvalue weighted by Crippen LogP contribution is 2.26. The molecule has 3 amide bonds. The van der Waals surface area contributed by atoms with Gasteiger partial charge in [-0.05, 0) is 85.1 Å². The summed E-state index contributed by atoms with van der Waals surface area (Å²) in [5, 5.41) is 14.1. The van der Waals surface area contributed by atoms with Crippen LogP contribution in [0, 0.1) is 35.5 Å². The normalized spacial score (nSPS) is 19.9. The third-order valence-corrected chi connectivity index (χ3v) is 16.1. The maximum atomic E-state index is 12.8. The Bertz CT molecular complexity index is 2230. The standard InChI is InChI=1S/C17H30N2O5S.C15H28N2O3.C13H22N2O5S.C2H4Cl2O2S/c1-8-25(22,23)19-10-9-13(11-19)15(20)18(7)14(12(2)3)16(21)24-17(4,5)6;1-10(2)12(14(19)20-15(3,4)5)17(6)13(18)11-7-8-16-9-11;1-5-21(19,20)15-7-6-10(8-15)12(16)14(4)11(9(2)3)13(17)18;3-1-2-7(4,5)6/h8,12-14H,1,9-11H2,2-7H3;10-12,16H,7-9H2,1-6H3;5,9-11H,1,6-8H2,2-4H3,(H,17,18);1-2H2/t13-,14-;11-,12-;10-,11-;/m000./s1. The Morgan fingerprint density at radius 3 is 1.21 bits per heavy atom. The van der Waals surface area contributed by atoms with Crippen LogP contribution in [0.3, 0.4) is 0 Å². The Hall–Kier alpha value is -3.39. The largest absolute Gasteiger partial charge is 0.480 e. The van der Waals surface area contributed by atoms with Crippen LogP contribution in [0.5, 0.6) is 0 Å². The third-order valence-electron chi connectivity index (χ3n) is 11.6. The van der Waals surface area contributed by atoms with Gasteiger partial charge in [-0.3, -0.25) is 14.4 Å². The predicted molar refractivity (Wildman–Crippen MR) is 282 cm³/mol. The fourth-order valence-corrected chi connectivity index (χ4v) is 11.3. The molecule has 0 bridgehead atoms. The van der Waals surface area contributed by atoms with Crippen LogP contribution < -0.4 is 5.32 Å². The average molecular weight is 1140 g/mol. The van der Waals surface area contributed by atoms with E-state index in [9.17, 15) is 59.1 Å². The van der Waals surface area contributed by atoms with E-state index < -0.39 is 82.2 Å². The Morgan fingerprint density at radius 2 is 0.973 bits per heavy atom. The van der Waals surface area contributed by atoms with Gasteiger partial charge in [0.2, 0.25) is 46.8 Å². The molecular formula is C47H84Cl2N6O15S3. The molecule has 0 aliphatic carbocycles. The second kappa shape index (κ2) is 29.8. The van der Waals surface area contributed by atoms with Crippen LogP contribution in [0.25, 0.3) is 0 Å². The van der Waals surface area contributed by atoms with Crippen molar-refractivity contribution >= 4 is 87.0 Å². The van der Waals surface area contributed by atoms with Crippen molar-refractivity contribution in [2.45, 2.75) is 132 Å². The summed E-state index contributed by atoms with van der Waals surface area (Å²) in [4.78, 5) is 77.9. The third kappa shape index (κ3) is 23.6. The number of nitrogens with zero attached hydrogens (tertiary/aromatic N) is 5. The van der Waals surface area contributed by atoms with Gasteiger partial charge in [0.1, 0.15) is 29.3 Å². The van der Waals surface area contributed by atoms with Crippen molar-refractivity contribution < 1.29 is 68.6 Å². The van der Waals surface area contributed by atoms with E-state index in [1.165, 1.54) is 25.5 Å². The number of likely N-dealkylation sites (N-methyl/N-ethyl adjacent to an activating group) is 3. The second-order valence-corrected chi connectivity index (χ2v) is 28.1. The molecule has 424 valence electrons. The van der Waals surface area contributed by atoms with E-state index in [1.807, 2.05) is 48.5 Å². The molecule has 3 aliphatic rings. The zero-order chi connectivity index (χ0) is 57.4. The molecule has 0 spiro atoms. The minimum atomic E-state index is -3.53. The van der Waals surface area contributed by atoms with Crippen molar-refractivity contribution in [3.8, 4) is 0 Å². The van der Waals surface area contributed by atoms with Gasteiger partial charge in [0, 0.05) is 81.2 Å². The fourth-order valence-electron chi connectivity index (χ4n) is 8.14. The molecule has 3 aliphatic heterocycles. The SMILES string of the molecule is C=CS(=O)(=O)N1CC[C@H](C(=O)N(C)[C@H](C(=O)O)C(C)C)C1.C=CS(=O)(=O)N1CC[C@H](C(=O)N(C)[C@H](C(=O)OC(C)(C)C)C(C)C)C1.CC(C)[C@@H](C(=O)OC(C)(C)C)N(C)C(=O)[C@H]1CCNC1.O=S(=O)(Cl)CCCl. The van der Waals surface area contributed by atoms with E-state index >= 15 is 0 Å². The zero-order valence-electron chi connectivity index (χ0n) is 45.4. The Labute approximate surface area is 445 Å². The minimum Gasteiger partial charge on any atom is -0.480 e. The number of amides is 3. The summed E-state index contributed by atoms with van der Waals surface area (Å²) >= 11 is 5.02. The van der Waals surface area contributed by atoms with Crippen molar-refractivity contribution in [1.29, 1.82) is 0 Å². The first-order valence-electron chi connectivity index (χ1n) is 24.0. The van der Waals surface area contributed by atoms with E-state index in [2.05, 4.69) is 18.5 Å². The maximum absolute atomic E-state index is 12.8. The summed E-state index contributed by atoms with van der Waals surface area (Å²) in [5.41, 5.74) is -1.18. The number of sulfonamides is 2. The molecule has 3 heterocycles. The summed E-state index contributed by atoms with van der Waals surface area (Å²) < 4.78 is 80.2. The van der Waals surface area contributed by atoms with Gasteiger partial charge in [0.25, 0.3) is 0 Å². The summed E-state index contributed by atoms with van der Waals surface area (Å²) in [6, 6.07) is -2.15.